The molecule has 0 aromatic heterocycles. The van der Waals surface area contributed by atoms with Crippen LogP contribution in [0.3, 0.4) is 0 Å². The summed E-state index contributed by atoms with van der Waals surface area (Å²) in [5.41, 5.74) is 1.93. The van der Waals surface area contributed by atoms with Crippen LogP contribution < -0.4 is 0 Å². The maximum absolute atomic E-state index is 2.43. The lowest BCUT2D eigenvalue weighted by Crippen LogP contribution is -2.61. The number of hydrogen-bond donors (Lipinski definition) is 0. The number of nitrogens with zero attached hydrogens (tertiary/aromatic N) is 1. The molecule has 1 fully saturated rings. The molecule has 0 radical (unpaired) electrons. The van der Waals surface area contributed by atoms with Crippen LogP contribution in [0, 0.1) is 5.92 Å². The Morgan fingerprint density at radius 3 is 2.17 bits per heavy atom. The van der Waals surface area contributed by atoms with Crippen LogP contribution in [0.15, 0.2) is 30.3 Å². The van der Waals surface area contributed by atoms with Gasteiger partial charge in [-0.1, -0.05) is 44.2 Å². The van der Waals surface area contributed by atoms with Crippen molar-refractivity contribution in [2.24, 2.45) is 5.92 Å². The van der Waals surface area contributed by atoms with Crippen LogP contribution in [0.5, 0.6) is 0 Å². The molecule has 1 aromatic rings. The highest BCUT2D eigenvalue weighted by Crippen LogP contribution is 2.49. The van der Waals surface area contributed by atoms with E-state index < -0.39 is 0 Å². The maximum Gasteiger partial charge on any atom is 0.124 e. The first-order valence-electron chi connectivity index (χ1n) is 7.37. The van der Waals surface area contributed by atoms with Gasteiger partial charge in [-0.3, -0.25) is 0 Å². The Hall–Kier alpha value is -0.820. The van der Waals surface area contributed by atoms with Gasteiger partial charge in [-0.05, 0) is 18.8 Å². The molecule has 1 aromatic carbocycles. The quantitative estimate of drug-likeness (QED) is 0.683. The Balaban J connectivity index is 2.22. The van der Waals surface area contributed by atoms with Gasteiger partial charge in [0.1, 0.15) is 5.54 Å². The summed E-state index contributed by atoms with van der Waals surface area (Å²) in [4.78, 5) is 0. The average Bonchev–Trinajstić information content (AvgIpc) is 2.26. The van der Waals surface area contributed by atoms with Crippen molar-refractivity contribution in [1.29, 1.82) is 0 Å². The van der Waals surface area contributed by atoms with Crippen LogP contribution in [0.1, 0.15) is 45.1 Å². The fourth-order valence-electron chi connectivity index (χ4n) is 3.30. The lowest BCUT2D eigenvalue weighted by atomic mass is 9.69. The van der Waals surface area contributed by atoms with E-state index in [1.54, 1.807) is 5.56 Å². The lowest BCUT2D eigenvalue weighted by Gasteiger charge is -2.54. The van der Waals surface area contributed by atoms with Crippen LogP contribution in [0.2, 0.25) is 0 Å². The molecule has 0 atom stereocenters. The highest BCUT2D eigenvalue weighted by molar-refractivity contribution is 5.24. The summed E-state index contributed by atoms with van der Waals surface area (Å²) >= 11 is 0. The highest BCUT2D eigenvalue weighted by Gasteiger charge is 2.51. The van der Waals surface area contributed by atoms with Crippen LogP contribution in [-0.2, 0) is 5.54 Å². The van der Waals surface area contributed by atoms with Crippen molar-refractivity contribution in [1.82, 2.24) is 0 Å². The van der Waals surface area contributed by atoms with Gasteiger partial charge < -0.3 is 4.48 Å². The second kappa shape index (κ2) is 5.05. The number of quaternary nitrogens is 1. The van der Waals surface area contributed by atoms with E-state index in [0.717, 1.165) is 10.4 Å². The molecule has 0 aliphatic heterocycles. The lowest BCUT2D eigenvalue weighted by molar-refractivity contribution is -0.957. The third-order valence-corrected chi connectivity index (χ3v) is 4.92. The molecule has 1 nitrogen and oxygen atoms in total. The molecular weight excluding hydrogens is 218 g/mol. The predicted octanol–water partition coefficient (Wildman–Crippen LogP) is 4.19. The first kappa shape index (κ1) is 13.6. The molecule has 0 spiro atoms. The Morgan fingerprint density at radius 1 is 1.11 bits per heavy atom. The third-order valence-electron chi connectivity index (χ3n) is 4.92. The minimum atomic E-state index is 0.385. The smallest absolute Gasteiger partial charge is 0.124 e. The second-order valence-corrected chi connectivity index (χ2v) is 6.84. The van der Waals surface area contributed by atoms with Gasteiger partial charge in [-0.15, -0.1) is 0 Å². The average molecular weight is 246 g/mol. The van der Waals surface area contributed by atoms with E-state index in [4.69, 9.17) is 0 Å². The molecule has 0 bridgehead atoms. The van der Waals surface area contributed by atoms with E-state index in [1.807, 2.05) is 0 Å². The van der Waals surface area contributed by atoms with Crippen molar-refractivity contribution < 1.29 is 4.48 Å². The SMILES string of the molecule is CC(C)CC[N+](C)(C)C1(c2ccccc2)CCC1. The van der Waals surface area contributed by atoms with Crippen molar-refractivity contribution >= 4 is 0 Å². The van der Waals surface area contributed by atoms with E-state index in [-0.39, 0.29) is 0 Å². The number of benzene rings is 1. The molecule has 0 amide bonds. The van der Waals surface area contributed by atoms with Gasteiger partial charge in [0.15, 0.2) is 0 Å². The van der Waals surface area contributed by atoms with Crippen LogP contribution >= 0.6 is 0 Å². The van der Waals surface area contributed by atoms with E-state index in [0.29, 0.717) is 5.54 Å². The molecule has 18 heavy (non-hydrogen) atoms. The summed E-state index contributed by atoms with van der Waals surface area (Å²) in [5.74, 6) is 0.801. The van der Waals surface area contributed by atoms with Crippen molar-refractivity contribution in [3.8, 4) is 0 Å². The molecular formula is C17H28N+. The molecule has 100 valence electrons. The molecule has 0 saturated heterocycles. The Kier molecular flexibility index (Phi) is 3.82. The van der Waals surface area contributed by atoms with Gasteiger partial charge in [-0.25, -0.2) is 0 Å². The molecule has 2 rings (SSSR count). The molecule has 1 heteroatoms. The minimum absolute atomic E-state index is 0.385. The topological polar surface area (TPSA) is 0 Å². The van der Waals surface area contributed by atoms with Crippen LogP contribution in [0.25, 0.3) is 0 Å². The second-order valence-electron chi connectivity index (χ2n) is 6.84. The highest BCUT2D eigenvalue weighted by atomic mass is 15.4. The minimum Gasteiger partial charge on any atom is -0.320 e. The van der Waals surface area contributed by atoms with Gasteiger partial charge in [0.25, 0.3) is 0 Å². The normalized spacial score (nSPS) is 18.7. The molecule has 1 aliphatic carbocycles. The van der Waals surface area contributed by atoms with Crippen LogP contribution in [-0.4, -0.2) is 25.1 Å². The summed E-state index contributed by atoms with van der Waals surface area (Å²) in [6.07, 6.45) is 5.41. The molecule has 0 heterocycles. The first-order valence-corrected chi connectivity index (χ1v) is 7.37. The standard InChI is InChI=1S/C17H28N/c1-15(2)11-14-18(3,4)17(12-8-13-17)16-9-6-5-7-10-16/h5-7,9-10,15H,8,11-14H2,1-4H3/q+1. The van der Waals surface area contributed by atoms with Crippen molar-refractivity contribution in [2.45, 2.75) is 45.1 Å². The van der Waals surface area contributed by atoms with Gasteiger partial charge >= 0.3 is 0 Å². The first-order chi connectivity index (χ1) is 8.48. The van der Waals surface area contributed by atoms with Crippen molar-refractivity contribution in [3.05, 3.63) is 35.9 Å². The Morgan fingerprint density at radius 2 is 1.72 bits per heavy atom. The summed E-state index contributed by atoms with van der Waals surface area (Å²) in [6.45, 7) is 5.94. The van der Waals surface area contributed by atoms with E-state index in [1.165, 1.54) is 32.2 Å². The fraction of sp³-hybridized carbons (Fsp3) is 0.647. The van der Waals surface area contributed by atoms with Gasteiger partial charge in [0.2, 0.25) is 0 Å². The van der Waals surface area contributed by atoms with Gasteiger partial charge in [0.05, 0.1) is 20.6 Å². The van der Waals surface area contributed by atoms with Crippen molar-refractivity contribution in [3.63, 3.8) is 0 Å². The zero-order chi connectivity index (χ0) is 13.2. The summed E-state index contributed by atoms with van der Waals surface area (Å²) in [6, 6.07) is 11.2. The monoisotopic (exact) mass is 246 g/mol. The molecule has 1 aliphatic rings. The largest absolute Gasteiger partial charge is 0.320 e. The Bertz CT molecular complexity index is 374. The van der Waals surface area contributed by atoms with E-state index >= 15 is 0 Å². The van der Waals surface area contributed by atoms with Crippen LogP contribution in [0.4, 0.5) is 0 Å². The van der Waals surface area contributed by atoms with E-state index in [9.17, 15) is 0 Å². The maximum atomic E-state index is 2.43. The summed E-state index contributed by atoms with van der Waals surface area (Å²) in [7, 11) is 4.85. The predicted molar refractivity (Wildman–Crippen MR) is 78.4 cm³/mol. The number of rotatable bonds is 5. The Labute approximate surface area is 112 Å². The number of hydrogen-bond acceptors (Lipinski definition) is 0. The summed E-state index contributed by atoms with van der Waals surface area (Å²) in [5, 5.41) is 0. The van der Waals surface area contributed by atoms with E-state index in [2.05, 4.69) is 58.3 Å². The zero-order valence-electron chi connectivity index (χ0n) is 12.4. The van der Waals surface area contributed by atoms with Gasteiger partial charge in [0, 0.05) is 18.4 Å². The zero-order valence-corrected chi connectivity index (χ0v) is 12.4. The third kappa shape index (κ3) is 2.33. The summed E-state index contributed by atoms with van der Waals surface area (Å²) < 4.78 is 1.15. The molecule has 1 saturated carbocycles. The molecule has 0 unspecified atom stereocenters. The van der Waals surface area contributed by atoms with Crippen molar-refractivity contribution in [2.75, 3.05) is 20.6 Å². The fourth-order valence-corrected chi connectivity index (χ4v) is 3.30. The van der Waals surface area contributed by atoms with Gasteiger partial charge in [-0.2, -0.15) is 0 Å². The molecule has 0 N–H and O–H groups in total.